The van der Waals surface area contributed by atoms with Crippen LogP contribution >= 0.6 is 0 Å². The zero-order valence-corrected chi connectivity index (χ0v) is 16.2. The molecule has 0 saturated heterocycles. The van der Waals surface area contributed by atoms with Crippen LogP contribution in [0.25, 0.3) is 0 Å². The van der Waals surface area contributed by atoms with Gasteiger partial charge in [0.15, 0.2) is 11.6 Å². The van der Waals surface area contributed by atoms with Gasteiger partial charge >= 0.3 is 6.03 Å². The quantitative estimate of drug-likeness (QED) is 0.682. The van der Waals surface area contributed by atoms with Gasteiger partial charge in [0.25, 0.3) is 0 Å². The smallest absolute Gasteiger partial charge is 0.315 e. The van der Waals surface area contributed by atoms with Gasteiger partial charge in [-0.2, -0.15) is 0 Å². The summed E-state index contributed by atoms with van der Waals surface area (Å²) in [7, 11) is 3.10. The minimum atomic E-state index is -0.441. The molecule has 1 aliphatic rings. The van der Waals surface area contributed by atoms with E-state index in [9.17, 15) is 14.0 Å². The average Bonchev–Trinajstić information content (AvgIpc) is 2.66. The lowest BCUT2D eigenvalue weighted by molar-refractivity contribution is -0.130. The van der Waals surface area contributed by atoms with Gasteiger partial charge in [-0.3, -0.25) is 4.79 Å². The Morgan fingerprint density at radius 2 is 2.00 bits per heavy atom. The molecule has 0 unspecified atom stereocenters. The highest BCUT2D eigenvalue weighted by molar-refractivity contribution is 5.76. The second-order valence-electron chi connectivity index (χ2n) is 7.06. The Balaban J connectivity index is 1.64. The zero-order valence-electron chi connectivity index (χ0n) is 16.2. The second kappa shape index (κ2) is 10.7. The van der Waals surface area contributed by atoms with Crippen molar-refractivity contribution in [2.75, 3.05) is 20.7 Å². The molecule has 0 heterocycles. The van der Waals surface area contributed by atoms with E-state index in [2.05, 4.69) is 10.6 Å². The minimum absolute atomic E-state index is 0.0410. The van der Waals surface area contributed by atoms with Gasteiger partial charge in [0.1, 0.15) is 0 Å². The number of benzene rings is 1. The number of carbonyl (C=O) groups excluding carboxylic acids is 2. The van der Waals surface area contributed by atoms with E-state index in [4.69, 9.17) is 4.74 Å². The van der Waals surface area contributed by atoms with Crippen molar-refractivity contribution in [2.24, 2.45) is 0 Å². The first-order chi connectivity index (χ1) is 13.0. The Kier molecular flexibility index (Phi) is 8.36. The molecular weight excluding hydrogens is 349 g/mol. The van der Waals surface area contributed by atoms with E-state index in [-0.39, 0.29) is 23.7 Å². The zero-order chi connectivity index (χ0) is 19.6. The molecule has 0 atom stereocenters. The number of methoxy groups -OCH3 is 1. The number of halogens is 1. The van der Waals surface area contributed by atoms with Crippen molar-refractivity contribution in [3.05, 3.63) is 29.6 Å². The fourth-order valence-electron chi connectivity index (χ4n) is 3.29. The van der Waals surface area contributed by atoms with Gasteiger partial charge in [0.2, 0.25) is 5.91 Å². The molecule has 0 spiro atoms. The maximum absolute atomic E-state index is 13.7. The SMILES string of the molecule is COc1ccc(CN(C)C(=O)CCCNC(=O)NC2CCCCC2)cc1F. The number of amides is 3. The molecule has 0 aromatic heterocycles. The molecule has 6 nitrogen and oxygen atoms in total. The number of rotatable bonds is 8. The van der Waals surface area contributed by atoms with E-state index < -0.39 is 5.82 Å². The molecule has 150 valence electrons. The molecule has 1 aliphatic carbocycles. The summed E-state index contributed by atoms with van der Waals surface area (Å²) in [5.74, 6) is -0.296. The Labute approximate surface area is 160 Å². The van der Waals surface area contributed by atoms with E-state index in [1.807, 2.05) is 0 Å². The molecule has 0 aliphatic heterocycles. The van der Waals surface area contributed by atoms with Gasteiger partial charge in [-0.15, -0.1) is 0 Å². The topological polar surface area (TPSA) is 70.7 Å². The Hall–Kier alpha value is -2.31. The van der Waals surface area contributed by atoms with Gasteiger partial charge in [0, 0.05) is 32.6 Å². The van der Waals surface area contributed by atoms with Gasteiger partial charge in [-0.05, 0) is 37.0 Å². The van der Waals surface area contributed by atoms with Crippen LogP contribution in [0.15, 0.2) is 18.2 Å². The van der Waals surface area contributed by atoms with Crippen LogP contribution < -0.4 is 15.4 Å². The number of carbonyl (C=O) groups is 2. The molecule has 2 N–H and O–H groups in total. The molecule has 0 radical (unpaired) electrons. The summed E-state index contributed by atoms with van der Waals surface area (Å²) in [4.78, 5) is 25.6. The molecule has 1 aromatic carbocycles. The van der Waals surface area contributed by atoms with E-state index in [0.29, 0.717) is 31.5 Å². The predicted molar refractivity (Wildman–Crippen MR) is 102 cm³/mol. The highest BCUT2D eigenvalue weighted by Gasteiger charge is 2.15. The first kappa shape index (κ1) is 21.0. The number of hydrogen-bond donors (Lipinski definition) is 2. The molecule has 1 fully saturated rings. The Morgan fingerprint density at radius 1 is 1.26 bits per heavy atom. The fraction of sp³-hybridized carbons (Fsp3) is 0.600. The first-order valence-electron chi connectivity index (χ1n) is 9.60. The van der Waals surface area contributed by atoms with Crippen molar-refractivity contribution in [3.8, 4) is 5.75 Å². The van der Waals surface area contributed by atoms with Crippen molar-refractivity contribution in [3.63, 3.8) is 0 Å². The standard InChI is InChI=1S/C20H30FN3O3/c1-24(14-15-10-11-18(27-2)17(21)13-15)19(25)9-6-12-22-20(26)23-16-7-4-3-5-8-16/h10-11,13,16H,3-9,12,14H2,1-2H3,(H2,22,23,26). The molecule has 1 aromatic rings. The predicted octanol–water partition coefficient (Wildman–Crippen LogP) is 3.20. The maximum Gasteiger partial charge on any atom is 0.315 e. The van der Waals surface area contributed by atoms with Gasteiger partial charge in [-0.25, -0.2) is 9.18 Å². The summed E-state index contributed by atoms with van der Waals surface area (Å²) in [5, 5.41) is 5.80. The normalized spacial score (nSPS) is 14.5. The molecule has 2 rings (SSSR count). The summed E-state index contributed by atoms with van der Waals surface area (Å²) in [6.07, 6.45) is 6.58. The Bertz CT molecular complexity index is 633. The first-order valence-corrected chi connectivity index (χ1v) is 9.60. The van der Waals surface area contributed by atoms with E-state index in [1.165, 1.54) is 32.4 Å². The number of ether oxygens (including phenoxy) is 1. The van der Waals surface area contributed by atoms with Crippen molar-refractivity contribution in [1.82, 2.24) is 15.5 Å². The molecule has 27 heavy (non-hydrogen) atoms. The third kappa shape index (κ3) is 7.07. The number of nitrogens with zero attached hydrogens (tertiary/aromatic N) is 1. The van der Waals surface area contributed by atoms with Crippen LogP contribution in [0.4, 0.5) is 9.18 Å². The van der Waals surface area contributed by atoms with E-state index >= 15 is 0 Å². The number of nitrogens with one attached hydrogen (secondary N) is 2. The lowest BCUT2D eigenvalue weighted by Crippen LogP contribution is -2.43. The van der Waals surface area contributed by atoms with E-state index in [1.54, 1.807) is 24.1 Å². The molecule has 1 saturated carbocycles. The Morgan fingerprint density at radius 3 is 2.67 bits per heavy atom. The van der Waals surface area contributed by atoms with Crippen LogP contribution in [-0.2, 0) is 11.3 Å². The highest BCUT2D eigenvalue weighted by atomic mass is 19.1. The third-order valence-electron chi connectivity index (χ3n) is 4.86. The van der Waals surface area contributed by atoms with Crippen molar-refractivity contribution in [1.29, 1.82) is 0 Å². The maximum atomic E-state index is 13.7. The monoisotopic (exact) mass is 379 g/mol. The number of urea groups is 1. The van der Waals surface area contributed by atoms with Crippen LogP contribution in [0.5, 0.6) is 5.75 Å². The molecule has 0 bridgehead atoms. The summed E-state index contributed by atoms with van der Waals surface area (Å²) in [6.45, 7) is 0.782. The molecule has 3 amide bonds. The van der Waals surface area contributed by atoms with E-state index in [0.717, 1.165) is 12.8 Å². The van der Waals surface area contributed by atoms with Gasteiger partial charge in [-0.1, -0.05) is 25.3 Å². The van der Waals surface area contributed by atoms with Gasteiger partial charge in [0.05, 0.1) is 7.11 Å². The molecule has 7 heteroatoms. The molecular formula is C20H30FN3O3. The summed E-state index contributed by atoms with van der Waals surface area (Å²) in [6, 6.07) is 4.79. The lowest BCUT2D eigenvalue weighted by atomic mass is 9.96. The van der Waals surface area contributed by atoms with Crippen LogP contribution in [0.1, 0.15) is 50.5 Å². The number of hydrogen-bond acceptors (Lipinski definition) is 3. The summed E-state index contributed by atoms with van der Waals surface area (Å²) in [5.41, 5.74) is 0.703. The lowest BCUT2D eigenvalue weighted by Gasteiger charge is -2.23. The minimum Gasteiger partial charge on any atom is -0.494 e. The second-order valence-corrected chi connectivity index (χ2v) is 7.06. The fourth-order valence-corrected chi connectivity index (χ4v) is 3.29. The summed E-state index contributed by atoms with van der Waals surface area (Å²) >= 11 is 0. The average molecular weight is 379 g/mol. The van der Waals surface area contributed by atoms with Crippen LogP contribution in [0, 0.1) is 5.82 Å². The van der Waals surface area contributed by atoms with Crippen molar-refractivity contribution < 1.29 is 18.7 Å². The van der Waals surface area contributed by atoms with Crippen LogP contribution in [0.2, 0.25) is 0 Å². The largest absolute Gasteiger partial charge is 0.494 e. The van der Waals surface area contributed by atoms with Gasteiger partial charge < -0.3 is 20.3 Å². The van der Waals surface area contributed by atoms with Crippen LogP contribution in [0.3, 0.4) is 0 Å². The van der Waals surface area contributed by atoms with Crippen molar-refractivity contribution >= 4 is 11.9 Å². The summed E-state index contributed by atoms with van der Waals surface area (Å²) < 4.78 is 18.6. The van der Waals surface area contributed by atoms with Crippen LogP contribution in [-0.4, -0.2) is 43.6 Å². The third-order valence-corrected chi connectivity index (χ3v) is 4.86. The highest BCUT2D eigenvalue weighted by Crippen LogP contribution is 2.19. The van der Waals surface area contributed by atoms with Crippen molar-refractivity contribution in [2.45, 2.75) is 57.5 Å².